The van der Waals surface area contributed by atoms with E-state index in [4.69, 9.17) is 23.2 Å². The zero-order valence-corrected chi connectivity index (χ0v) is 26.9. The number of nitrogens with zero attached hydrogens (tertiary/aromatic N) is 1. The maximum Gasteiger partial charge on any atom is 0.272 e. The molecule has 0 aliphatic heterocycles. The van der Waals surface area contributed by atoms with Crippen molar-refractivity contribution >= 4 is 80.9 Å². The Bertz CT molecular complexity index is 1860. The Morgan fingerprint density at radius 2 is 1.60 bits per heavy atom. The lowest BCUT2D eigenvalue weighted by Crippen LogP contribution is -2.30. The molecular weight excluding hydrogens is 647 g/mol. The van der Waals surface area contributed by atoms with Gasteiger partial charge < -0.3 is 16.0 Å². The number of rotatable bonds is 10. The van der Waals surface area contributed by atoms with Crippen molar-refractivity contribution in [2.45, 2.75) is 17.1 Å². The van der Waals surface area contributed by atoms with Gasteiger partial charge in [0.2, 0.25) is 5.91 Å². The molecule has 0 saturated carbocycles. The lowest BCUT2D eigenvalue weighted by molar-refractivity contribution is -0.115. The van der Waals surface area contributed by atoms with Crippen molar-refractivity contribution in [2.75, 3.05) is 10.6 Å². The largest absolute Gasteiger partial charge is 0.321 e. The second-order valence-corrected chi connectivity index (χ2v) is 12.8. The molecule has 45 heavy (non-hydrogen) atoms. The van der Waals surface area contributed by atoms with Crippen LogP contribution in [0, 0.1) is 0 Å². The third-order valence-electron chi connectivity index (χ3n) is 6.35. The minimum Gasteiger partial charge on any atom is -0.321 e. The number of benzene rings is 4. The van der Waals surface area contributed by atoms with Gasteiger partial charge in [-0.2, -0.15) is 0 Å². The molecule has 0 radical (unpaired) electrons. The van der Waals surface area contributed by atoms with Gasteiger partial charge in [0.25, 0.3) is 11.8 Å². The van der Waals surface area contributed by atoms with Crippen LogP contribution in [0.25, 0.3) is 17.3 Å². The number of carbonyl (C=O) groups excluding carboxylic acids is 3. The maximum absolute atomic E-state index is 13.4. The SMILES string of the molecule is CC(Sc1cccc(NC(=O)/C(=C/c2ccccc2)NC(=O)c2ccccc2)c1)C(=O)Nc1nc(-c2ccc(Cl)cc2Cl)cs1. The summed E-state index contributed by atoms with van der Waals surface area (Å²) in [5, 5.41) is 11.3. The molecule has 1 unspecified atom stereocenters. The van der Waals surface area contributed by atoms with E-state index in [2.05, 4.69) is 20.9 Å². The lowest BCUT2D eigenvalue weighted by Gasteiger charge is -2.13. The number of aromatic nitrogens is 1. The monoisotopic (exact) mass is 672 g/mol. The summed E-state index contributed by atoms with van der Waals surface area (Å²) in [6.07, 6.45) is 1.62. The molecule has 4 aromatic carbocycles. The highest BCUT2D eigenvalue weighted by atomic mass is 35.5. The number of hydrogen-bond acceptors (Lipinski definition) is 6. The Labute approximate surface area is 278 Å². The highest BCUT2D eigenvalue weighted by molar-refractivity contribution is 8.00. The smallest absolute Gasteiger partial charge is 0.272 e. The van der Waals surface area contributed by atoms with E-state index in [1.165, 1.54) is 23.1 Å². The Kier molecular flexibility index (Phi) is 10.7. The summed E-state index contributed by atoms with van der Waals surface area (Å²) < 4.78 is 0. The second kappa shape index (κ2) is 15.0. The molecule has 11 heteroatoms. The second-order valence-electron chi connectivity index (χ2n) is 9.68. The number of thioether (sulfide) groups is 1. The minimum atomic E-state index is -0.489. The fourth-order valence-corrected chi connectivity index (χ4v) is 6.27. The molecule has 0 saturated heterocycles. The zero-order chi connectivity index (χ0) is 31.8. The first kappa shape index (κ1) is 32.0. The van der Waals surface area contributed by atoms with Crippen LogP contribution >= 0.6 is 46.3 Å². The van der Waals surface area contributed by atoms with E-state index in [1.54, 1.807) is 73.7 Å². The van der Waals surface area contributed by atoms with Gasteiger partial charge in [-0.1, -0.05) is 77.8 Å². The first-order chi connectivity index (χ1) is 21.7. The van der Waals surface area contributed by atoms with Gasteiger partial charge in [0.15, 0.2) is 5.13 Å². The normalized spacial score (nSPS) is 11.8. The molecule has 7 nitrogen and oxygen atoms in total. The number of nitrogens with one attached hydrogen (secondary N) is 3. The van der Waals surface area contributed by atoms with Crippen molar-refractivity contribution in [1.29, 1.82) is 0 Å². The van der Waals surface area contributed by atoms with Crippen molar-refractivity contribution in [1.82, 2.24) is 10.3 Å². The van der Waals surface area contributed by atoms with E-state index in [1.807, 2.05) is 47.8 Å². The van der Waals surface area contributed by atoms with E-state index in [-0.39, 0.29) is 11.6 Å². The van der Waals surface area contributed by atoms with Crippen molar-refractivity contribution in [3.8, 4) is 11.3 Å². The van der Waals surface area contributed by atoms with Crippen LogP contribution in [0.15, 0.2) is 119 Å². The summed E-state index contributed by atoms with van der Waals surface area (Å²) in [4.78, 5) is 44.5. The van der Waals surface area contributed by atoms with Gasteiger partial charge in [-0.05, 0) is 67.1 Å². The highest BCUT2D eigenvalue weighted by Gasteiger charge is 2.19. The van der Waals surface area contributed by atoms with Crippen LogP contribution in [0.4, 0.5) is 10.8 Å². The number of halogens is 2. The molecule has 5 rings (SSSR count). The van der Waals surface area contributed by atoms with Crippen LogP contribution in [0.3, 0.4) is 0 Å². The molecule has 0 aliphatic rings. The van der Waals surface area contributed by atoms with Gasteiger partial charge in [-0.15, -0.1) is 23.1 Å². The highest BCUT2D eigenvalue weighted by Crippen LogP contribution is 2.33. The van der Waals surface area contributed by atoms with Crippen LogP contribution in [0.2, 0.25) is 10.0 Å². The molecule has 0 fully saturated rings. The van der Waals surface area contributed by atoms with Crippen LogP contribution in [-0.2, 0) is 9.59 Å². The lowest BCUT2D eigenvalue weighted by atomic mass is 10.1. The van der Waals surface area contributed by atoms with E-state index >= 15 is 0 Å². The third kappa shape index (κ3) is 8.83. The first-order valence-corrected chi connectivity index (χ1v) is 16.2. The Hall–Kier alpha value is -4.41. The molecule has 3 N–H and O–H groups in total. The van der Waals surface area contributed by atoms with Crippen molar-refractivity contribution in [2.24, 2.45) is 0 Å². The molecule has 226 valence electrons. The van der Waals surface area contributed by atoms with Gasteiger partial charge in [0.1, 0.15) is 5.70 Å². The Balaban J connectivity index is 1.24. The topological polar surface area (TPSA) is 100 Å². The Morgan fingerprint density at radius 3 is 2.33 bits per heavy atom. The molecule has 0 bridgehead atoms. The molecule has 0 spiro atoms. The van der Waals surface area contributed by atoms with Crippen molar-refractivity contribution in [3.05, 3.63) is 135 Å². The standard InChI is InChI=1S/C34H26Cl2N4O3S2/c1-21(31(41)40-34-39-30(20-44-34)27-16-15-24(35)18-28(27)36)45-26-14-8-13-25(19-26)37-33(43)29(17-22-9-4-2-5-10-22)38-32(42)23-11-6-3-7-12-23/h2-21H,1H3,(H,37,43)(H,38,42)(H,39,40,41)/b29-17-. The van der Waals surface area contributed by atoms with E-state index in [0.29, 0.717) is 32.1 Å². The number of hydrogen-bond donors (Lipinski definition) is 3. The van der Waals surface area contributed by atoms with E-state index < -0.39 is 17.1 Å². The third-order valence-corrected chi connectivity index (χ3v) is 8.75. The van der Waals surface area contributed by atoms with Gasteiger partial charge >= 0.3 is 0 Å². The van der Waals surface area contributed by atoms with E-state index in [9.17, 15) is 14.4 Å². The summed E-state index contributed by atoms with van der Waals surface area (Å²) in [7, 11) is 0. The van der Waals surface area contributed by atoms with Crippen LogP contribution in [0.1, 0.15) is 22.8 Å². The van der Waals surface area contributed by atoms with E-state index in [0.717, 1.165) is 16.0 Å². The molecule has 1 heterocycles. The number of anilines is 2. The Morgan fingerprint density at radius 1 is 0.867 bits per heavy atom. The predicted molar refractivity (Wildman–Crippen MR) is 185 cm³/mol. The molecule has 0 aliphatic carbocycles. The molecule has 1 atom stereocenters. The zero-order valence-electron chi connectivity index (χ0n) is 23.8. The van der Waals surface area contributed by atoms with Gasteiger partial charge in [0, 0.05) is 32.1 Å². The fraction of sp³-hybridized carbons (Fsp3) is 0.0588. The van der Waals surface area contributed by atoms with Crippen molar-refractivity contribution in [3.63, 3.8) is 0 Å². The van der Waals surface area contributed by atoms with Crippen molar-refractivity contribution < 1.29 is 14.4 Å². The fourth-order valence-electron chi connectivity index (χ4n) is 4.12. The van der Waals surface area contributed by atoms with Gasteiger partial charge in [0.05, 0.1) is 16.0 Å². The molecular formula is C34H26Cl2N4O3S2. The minimum absolute atomic E-state index is 0.0866. The van der Waals surface area contributed by atoms with Gasteiger partial charge in [-0.3, -0.25) is 14.4 Å². The first-order valence-electron chi connectivity index (χ1n) is 13.7. The summed E-state index contributed by atoms with van der Waals surface area (Å²) in [5.74, 6) is -1.12. The van der Waals surface area contributed by atoms with Crippen LogP contribution in [-0.4, -0.2) is 28.0 Å². The quantitative estimate of drug-likeness (QED) is 0.102. The molecule has 3 amide bonds. The number of thiazole rings is 1. The number of carbonyl (C=O) groups is 3. The van der Waals surface area contributed by atoms with Crippen LogP contribution < -0.4 is 16.0 Å². The van der Waals surface area contributed by atoms with Crippen LogP contribution in [0.5, 0.6) is 0 Å². The molecule has 5 aromatic rings. The summed E-state index contributed by atoms with van der Waals surface area (Å²) in [6.45, 7) is 1.79. The predicted octanol–water partition coefficient (Wildman–Crippen LogP) is 8.65. The summed E-state index contributed by atoms with van der Waals surface area (Å²) in [5.41, 5.74) is 3.14. The maximum atomic E-state index is 13.4. The average molecular weight is 674 g/mol. The summed E-state index contributed by atoms with van der Waals surface area (Å²) >= 11 is 14.9. The summed E-state index contributed by atoms with van der Waals surface area (Å²) in [6, 6.07) is 30.2. The average Bonchev–Trinajstić information content (AvgIpc) is 3.49. The molecule has 1 aromatic heterocycles. The number of amides is 3. The van der Waals surface area contributed by atoms with Gasteiger partial charge in [-0.25, -0.2) is 4.98 Å².